The van der Waals surface area contributed by atoms with Crippen LogP contribution in [-0.4, -0.2) is 35.3 Å². The lowest BCUT2D eigenvalue weighted by molar-refractivity contribution is -0.134. The number of nitrogens with one attached hydrogen (secondary N) is 1. The molecule has 1 rings (SSSR count). The Morgan fingerprint density at radius 2 is 1.82 bits per heavy atom. The smallest absolute Gasteiger partial charge is 0.223 e. The van der Waals surface area contributed by atoms with Crippen molar-refractivity contribution >= 4 is 11.8 Å². The van der Waals surface area contributed by atoms with E-state index in [4.69, 9.17) is 0 Å². The molecule has 1 aliphatic rings. The zero-order valence-electron chi connectivity index (χ0n) is 11.4. The normalized spacial score (nSPS) is 18.0. The zero-order valence-corrected chi connectivity index (χ0v) is 11.4. The van der Waals surface area contributed by atoms with Gasteiger partial charge in [-0.15, -0.1) is 0 Å². The van der Waals surface area contributed by atoms with Crippen molar-refractivity contribution < 1.29 is 9.59 Å². The van der Waals surface area contributed by atoms with Crippen molar-refractivity contribution in [2.75, 3.05) is 13.1 Å². The molecule has 1 saturated heterocycles. The molecule has 0 aromatic carbocycles. The third-order valence-electron chi connectivity index (χ3n) is 3.66. The summed E-state index contributed by atoms with van der Waals surface area (Å²) in [5.41, 5.74) is -0.130. The molecule has 0 bridgehead atoms. The number of hydrogen-bond donors (Lipinski definition) is 1. The summed E-state index contributed by atoms with van der Waals surface area (Å²) >= 11 is 0. The van der Waals surface area contributed by atoms with Gasteiger partial charge >= 0.3 is 0 Å². The summed E-state index contributed by atoms with van der Waals surface area (Å²) in [6.07, 6.45) is 2.49. The SMILES string of the molecule is CCC(C)(C)NC(=O)C1CCN(C(C)=O)CC1. The molecule has 2 amide bonds. The number of carbonyl (C=O) groups is 2. The number of amides is 2. The predicted molar refractivity (Wildman–Crippen MR) is 67.5 cm³/mol. The van der Waals surface area contributed by atoms with Crippen LogP contribution in [0.3, 0.4) is 0 Å². The first-order valence-electron chi connectivity index (χ1n) is 6.43. The lowest BCUT2D eigenvalue weighted by Gasteiger charge is -2.33. The van der Waals surface area contributed by atoms with Gasteiger partial charge in [-0.1, -0.05) is 6.92 Å². The number of likely N-dealkylation sites (tertiary alicyclic amines) is 1. The van der Waals surface area contributed by atoms with Crippen LogP contribution in [0.5, 0.6) is 0 Å². The molecule has 0 aromatic heterocycles. The summed E-state index contributed by atoms with van der Waals surface area (Å²) < 4.78 is 0. The molecule has 1 fully saturated rings. The van der Waals surface area contributed by atoms with Crippen molar-refractivity contribution in [2.45, 2.75) is 52.5 Å². The minimum atomic E-state index is -0.130. The topological polar surface area (TPSA) is 49.4 Å². The molecule has 0 aromatic rings. The second-order valence-electron chi connectivity index (χ2n) is 5.51. The van der Waals surface area contributed by atoms with Gasteiger partial charge in [0.25, 0.3) is 0 Å². The van der Waals surface area contributed by atoms with E-state index in [2.05, 4.69) is 12.2 Å². The van der Waals surface area contributed by atoms with Gasteiger partial charge < -0.3 is 10.2 Å². The molecule has 1 heterocycles. The molecule has 0 aliphatic carbocycles. The van der Waals surface area contributed by atoms with Crippen molar-refractivity contribution in [3.8, 4) is 0 Å². The fourth-order valence-corrected chi connectivity index (χ4v) is 1.98. The Bertz CT molecular complexity index is 292. The molecule has 4 nitrogen and oxygen atoms in total. The molecule has 98 valence electrons. The summed E-state index contributed by atoms with van der Waals surface area (Å²) in [6, 6.07) is 0. The van der Waals surface area contributed by atoms with E-state index in [1.807, 2.05) is 18.7 Å². The van der Waals surface area contributed by atoms with Gasteiger partial charge in [0, 0.05) is 31.5 Å². The molecule has 0 radical (unpaired) electrons. The predicted octanol–water partition coefficient (Wildman–Crippen LogP) is 1.55. The summed E-state index contributed by atoms with van der Waals surface area (Å²) in [5, 5.41) is 3.08. The largest absolute Gasteiger partial charge is 0.351 e. The molecule has 0 saturated carbocycles. The van der Waals surface area contributed by atoms with Gasteiger partial charge in [0.1, 0.15) is 0 Å². The minimum absolute atomic E-state index is 0.0661. The van der Waals surface area contributed by atoms with Gasteiger partial charge in [-0.25, -0.2) is 0 Å². The zero-order chi connectivity index (χ0) is 13.1. The molecular weight excluding hydrogens is 216 g/mol. The number of nitrogens with zero attached hydrogens (tertiary/aromatic N) is 1. The Morgan fingerprint density at radius 1 is 1.29 bits per heavy atom. The minimum Gasteiger partial charge on any atom is -0.351 e. The number of rotatable bonds is 3. The van der Waals surface area contributed by atoms with Crippen LogP contribution in [0.4, 0.5) is 0 Å². The molecule has 17 heavy (non-hydrogen) atoms. The molecular formula is C13H24N2O2. The highest BCUT2D eigenvalue weighted by atomic mass is 16.2. The third kappa shape index (κ3) is 4.02. The Kier molecular flexibility index (Phi) is 4.54. The lowest BCUT2D eigenvalue weighted by Crippen LogP contribution is -2.48. The summed E-state index contributed by atoms with van der Waals surface area (Å²) in [7, 11) is 0. The van der Waals surface area contributed by atoms with E-state index in [0.29, 0.717) is 13.1 Å². The van der Waals surface area contributed by atoms with Gasteiger partial charge in [-0.05, 0) is 33.1 Å². The van der Waals surface area contributed by atoms with E-state index in [9.17, 15) is 9.59 Å². The van der Waals surface area contributed by atoms with E-state index in [1.165, 1.54) is 0 Å². The Hall–Kier alpha value is -1.06. The second kappa shape index (κ2) is 5.52. The van der Waals surface area contributed by atoms with E-state index >= 15 is 0 Å². The second-order valence-corrected chi connectivity index (χ2v) is 5.51. The van der Waals surface area contributed by atoms with Crippen molar-refractivity contribution in [3.05, 3.63) is 0 Å². The standard InChI is InChI=1S/C13H24N2O2/c1-5-13(3,4)14-12(17)11-6-8-15(9-7-11)10(2)16/h11H,5-9H2,1-4H3,(H,14,17). The van der Waals surface area contributed by atoms with E-state index < -0.39 is 0 Å². The van der Waals surface area contributed by atoms with Crippen molar-refractivity contribution in [3.63, 3.8) is 0 Å². The molecule has 4 heteroatoms. The quantitative estimate of drug-likeness (QED) is 0.813. The van der Waals surface area contributed by atoms with Crippen molar-refractivity contribution in [2.24, 2.45) is 5.92 Å². The van der Waals surface area contributed by atoms with Gasteiger partial charge in [-0.2, -0.15) is 0 Å². The van der Waals surface area contributed by atoms with Crippen LogP contribution in [0.2, 0.25) is 0 Å². The lowest BCUT2D eigenvalue weighted by atomic mass is 9.93. The van der Waals surface area contributed by atoms with Crippen LogP contribution in [-0.2, 0) is 9.59 Å². The molecule has 1 aliphatic heterocycles. The van der Waals surface area contributed by atoms with Gasteiger partial charge in [-0.3, -0.25) is 9.59 Å². The monoisotopic (exact) mass is 240 g/mol. The van der Waals surface area contributed by atoms with E-state index in [0.717, 1.165) is 19.3 Å². The number of piperidine rings is 1. The van der Waals surface area contributed by atoms with Gasteiger partial charge in [0.2, 0.25) is 11.8 Å². The first-order valence-corrected chi connectivity index (χ1v) is 6.43. The van der Waals surface area contributed by atoms with Crippen LogP contribution in [0.25, 0.3) is 0 Å². The average Bonchev–Trinajstić information content (AvgIpc) is 2.28. The molecule has 0 unspecified atom stereocenters. The summed E-state index contributed by atoms with van der Waals surface area (Å²) in [4.78, 5) is 25.0. The summed E-state index contributed by atoms with van der Waals surface area (Å²) in [6.45, 7) is 9.14. The van der Waals surface area contributed by atoms with Gasteiger partial charge in [0.05, 0.1) is 0 Å². The van der Waals surface area contributed by atoms with Gasteiger partial charge in [0.15, 0.2) is 0 Å². The number of carbonyl (C=O) groups excluding carboxylic acids is 2. The Morgan fingerprint density at radius 3 is 2.24 bits per heavy atom. The van der Waals surface area contributed by atoms with Crippen LogP contribution < -0.4 is 5.32 Å². The fraction of sp³-hybridized carbons (Fsp3) is 0.846. The molecule has 1 N–H and O–H groups in total. The maximum absolute atomic E-state index is 12.0. The van der Waals surface area contributed by atoms with E-state index in [-0.39, 0.29) is 23.3 Å². The van der Waals surface area contributed by atoms with Crippen molar-refractivity contribution in [1.29, 1.82) is 0 Å². The maximum atomic E-state index is 12.0. The van der Waals surface area contributed by atoms with Crippen LogP contribution >= 0.6 is 0 Å². The average molecular weight is 240 g/mol. The third-order valence-corrected chi connectivity index (χ3v) is 3.66. The van der Waals surface area contributed by atoms with Crippen LogP contribution in [0, 0.1) is 5.92 Å². The number of hydrogen-bond acceptors (Lipinski definition) is 2. The highest BCUT2D eigenvalue weighted by Crippen LogP contribution is 2.19. The molecule has 0 atom stereocenters. The molecule has 0 spiro atoms. The fourth-order valence-electron chi connectivity index (χ4n) is 1.98. The van der Waals surface area contributed by atoms with E-state index in [1.54, 1.807) is 6.92 Å². The highest BCUT2D eigenvalue weighted by Gasteiger charge is 2.28. The maximum Gasteiger partial charge on any atom is 0.223 e. The first-order chi connectivity index (χ1) is 7.85. The van der Waals surface area contributed by atoms with Crippen molar-refractivity contribution in [1.82, 2.24) is 10.2 Å². The first kappa shape index (κ1) is 14.0. The highest BCUT2D eigenvalue weighted by molar-refractivity contribution is 5.80. The van der Waals surface area contributed by atoms with Crippen LogP contribution in [0.1, 0.15) is 47.0 Å². The van der Waals surface area contributed by atoms with Crippen LogP contribution in [0.15, 0.2) is 0 Å². The Labute approximate surface area is 104 Å². The Balaban J connectivity index is 2.44. The summed E-state index contributed by atoms with van der Waals surface area (Å²) in [5.74, 6) is 0.314.